The molecule has 0 radical (unpaired) electrons. The minimum Gasteiger partial charge on any atom is -0.370 e. The molecular formula is C33H48N8OS. The molecule has 0 aliphatic carbocycles. The van der Waals surface area contributed by atoms with E-state index in [2.05, 4.69) is 92.2 Å². The number of rotatable bonds is 10. The van der Waals surface area contributed by atoms with Crippen molar-refractivity contribution in [2.45, 2.75) is 70.2 Å². The minimum absolute atomic E-state index is 0.0352. The predicted octanol–water partition coefficient (Wildman–Crippen LogP) is 4.80. The average Bonchev–Trinajstić information content (AvgIpc) is 3.37. The van der Waals surface area contributed by atoms with Crippen LogP contribution in [0.1, 0.15) is 64.8 Å². The van der Waals surface area contributed by atoms with Gasteiger partial charge < -0.3 is 27.5 Å². The number of nitrogens with one attached hydrogen (secondary N) is 2. The van der Waals surface area contributed by atoms with E-state index >= 15 is 0 Å². The maximum Gasteiger partial charge on any atom is 0.354 e. The Hall–Kier alpha value is -3.60. The van der Waals surface area contributed by atoms with E-state index in [0.29, 0.717) is 12.2 Å². The first-order valence-electron chi connectivity index (χ1n) is 14.7. The first-order chi connectivity index (χ1) is 20.3. The molecule has 10 heteroatoms. The predicted molar refractivity (Wildman–Crippen MR) is 182 cm³/mol. The van der Waals surface area contributed by atoms with Crippen LogP contribution in [0.5, 0.6) is 0 Å². The molecule has 0 atom stereocenters. The summed E-state index contributed by atoms with van der Waals surface area (Å²) in [5.41, 5.74) is 21.0. The van der Waals surface area contributed by atoms with Gasteiger partial charge in [-0.25, -0.2) is 4.79 Å². The van der Waals surface area contributed by atoms with Gasteiger partial charge in [0.1, 0.15) is 5.65 Å². The Labute approximate surface area is 259 Å². The summed E-state index contributed by atoms with van der Waals surface area (Å²) in [5, 5.41) is 4.27. The quantitative estimate of drug-likeness (QED) is 0.0754. The zero-order chi connectivity index (χ0) is 31.6. The van der Waals surface area contributed by atoms with Crippen molar-refractivity contribution in [1.82, 2.24) is 19.9 Å². The van der Waals surface area contributed by atoms with Crippen LogP contribution in [-0.4, -0.2) is 45.9 Å². The maximum absolute atomic E-state index is 12.5. The zero-order valence-electron chi connectivity index (χ0n) is 26.4. The van der Waals surface area contributed by atoms with Gasteiger partial charge in [-0.15, -0.1) is 11.8 Å². The summed E-state index contributed by atoms with van der Waals surface area (Å²) in [6.45, 7) is 16.0. The average molecular weight is 605 g/mol. The van der Waals surface area contributed by atoms with Crippen molar-refractivity contribution in [2.75, 3.05) is 25.4 Å². The summed E-state index contributed by atoms with van der Waals surface area (Å²) in [5.74, 6) is 1.12. The van der Waals surface area contributed by atoms with Crippen LogP contribution in [0.15, 0.2) is 75.5 Å². The second-order valence-electron chi connectivity index (χ2n) is 12.5. The van der Waals surface area contributed by atoms with Crippen molar-refractivity contribution in [3.05, 3.63) is 88.1 Å². The molecular weight excluding hydrogens is 556 g/mol. The van der Waals surface area contributed by atoms with Crippen molar-refractivity contribution in [2.24, 2.45) is 22.2 Å². The topological polar surface area (TPSA) is 153 Å². The highest BCUT2D eigenvalue weighted by Crippen LogP contribution is 2.27. The summed E-state index contributed by atoms with van der Waals surface area (Å²) < 4.78 is 1.58. The maximum atomic E-state index is 12.5. The lowest BCUT2D eigenvalue weighted by atomic mass is 9.87. The number of aromatic nitrogens is 3. The van der Waals surface area contributed by atoms with Gasteiger partial charge in [0.15, 0.2) is 5.96 Å². The van der Waals surface area contributed by atoms with Crippen LogP contribution in [0.2, 0.25) is 0 Å². The molecule has 2 aromatic carbocycles. The molecule has 0 aliphatic heterocycles. The molecule has 2 heterocycles. The number of aromatic amines is 1. The molecule has 0 fully saturated rings. The van der Waals surface area contributed by atoms with Gasteiger partial charge in [-0.2, -0.15) is 4.98 Å². The lowest BCUT2D eigenvalue weighted by molar-refractivity contribution is 0.574. The number of fused-ring (bicyclic) bond motifs is 1. The van der Waals surface area contributed by atoms with Crippen LogP contribution in [-0.2, 0) is 17.4 Å². The van der Waals surface area contributed by atoms with E-state index < -0.39 is 0 Å². The molecule has 0 saturated carbocycles. The second kappa shape index (κ2) is 15.2. The van der Waals surface area contributed by atoms with E-state index in [4.69, 9.17) is 17.2 Å². The van der Waals surface area contributed by atoms with E-state index in [1.165, 1.54) is 10.5 Å². The lowest BCUT2D eigenvalue weighted by Crippen LogP contribution is -2.23. The van der Waals surface area contributed by atoms with Gasteiger partial charge in [0.25, 0.3) is 0 Å². The highest BCUT2D eigenvalue weighted by atomic mass is 32.2. The normalized spacial score (nSPS) is 11.7. The second-order valence-corrected chi connectivity index (χ2v) is 13.7. The molecule has 0 unspecified atom stereocenters. The Morgan fingerprint density at radius 2 is 1.74 bits per heavy atom. The third-order valence-electron chi connectivity index (χ3n) is 6.75. The highest BCUT2D eigenvalue weighted by Gasteiger charge is 2.17. The zero-order valence-corrected chi connectivity index (χ0v) is 27.2. The molecule has 4 aromatic rings. The Morgan fingerprint density at radius 3 is 2.37 bits per heavy atom. The molecule has 2 aromatic heterocycles. The van der Waals surface area contributed by atoms with E-state index in [0.717, 1.165) is 54.1 Å². The van der Waals surface area contributed by atoms with Crippen LogP contribution >= 0.6 is 11.8 Å². The fourth-order valence-electron chi connectivity index (χ4n) is 4.23. The molecule has 4 rings (SSSR count). The summed E-state index contributed by atoms with van der Waals surface area (Å²) in [7, 11) is 0. The fraction of sp³-hybridized carbons (Fsp3) is 0.424. The molecule has 0 aliphatic rings. The summed E-state index contributed by atoms with van der Waals surface area (Å²) in [6, 6.07) is 18.7. The van der Waals surface area contributed by atoms with E-state index in [1.54, 1.807) is 4.57 Å². The Morgan fingerprint density at radius 1 is 1.02 bits per heavy atom. The first kappa shape index (κ1) is 33.9. The number of hydrogen-bond donors (Lipinski definition) is 5. The van der Waals surface area contributed by atoms with E-state index in [9.17, 15) is 4.79 Å². The summed E-state index contributed by atoms with van der Waals surface area (Å²) in [6.07, 6.45) is 2.71. The molecule has 9 nitrogen and oxygen atoms in total. The summed E-state index contributed by atoms with van der Waals surface area (Å²) in [4.78, 5) is 25.2. The monoisotopic (exact) mass is 604 g/mol. The molecule has 0 saturated heterocycles. The molecule has 8 N–H and O–H groups in total. The number of nitrogens with two attached hydrogens (primary N) is 3. The van der Waals surface area contributed by atoms with Crippen molar-refractivity contribution in [3.8, 4) is 5.69 Å². The van der Waals surface area contributed by atoms with E-state index in [1.807, 2.05) is 42.2 Å². The van der Waals surface area contributed by atoms with Crippen LogP contribution in [0.3, 0.4) is 0 Å². The third-order valence-corrected chi connectivity index (χ3v) is 7.78. The van der Waals surface area contributed by atoms with Crippen LogP contribution < -0.4 is 28.2 Å². The van der Waals surface area contributed by atoms with Crippen LogP contribution in [0.4, 0.5) is 0 Å². The third kappa shape index (κ3) is 10.6. The standard InChI is InChI=1S/C21H29N7O.C12H19NS/c1-21(2,3)17-11-15-13-28(20(29)27-18(15)26-17)16-7-5-14(6-8-16)12-24-9-4-10-25-19(22)23;1-12(2,3)10-5-4-6-11(9-10)14-8-7-13/h5-8,11,13,24H,4,9-10,12H2,1-3H3,(H4,22,23,25)(H,26,27,29);4-6,9H,7-8,13H2,1-3H3. The first-order valence-corrected chi connectivity index (χ1v) is 15.7. The molecule has 0 spiro atoms. The van der Waals surface area contributed by atoms with Gasteiger partial charge >= 0.3 is 5.69 Å². The Kier molecular flexibility index (Phi) is 12.0. The SMILES string of the molecule is CC(C)(C)c1cc2cn(-c3ccc(CNCCCN=C(N)N)cc3)c(=O)nc2[nH]1.CC(C)(C)c1cccc(SCCN)c1. The van der Waals surface area contributed by atoms with Gasteiger partial charge in [-0.05, 0) is 59.8 Å². The van der Waals surface area contributed by atoms with Gasteiger partial charge in [0.2, 0.25) is 0 Å². The van der Waals surface area contributed by atoms with Gasteiger partial charge in [-0.1, -0.05) is 65.8 Å². The van der Waals surface area contributed by atoms with Gasteiger partial charge in [-0.3, -0.25) is 9.56 Å². The highest BCUT2D eigenvalue weighted by molar-refractivity contribution is 7.99. The van der Waals surface area contributed by atoms with Crippen molar-refractivity contribution < 1.29 is 0 Å². The number of aliphatic imine (C=N–C) groups is 1. The number of benzene rings is 2. The van der Waals surface area contributed by atoms with Crippen molar-refractivity contribution >= 4 is 28.8 Å². The Balaban J connectivity index is 0.000000303. The number of thioether (sulfide) groups is 1. The number of H-pyrrole nitrogens is 1. The lowest BCUT2D eigenvalue weighted by Gasteiger charge is -2.19. The number of nitrogens with zero attached hydrogens (tertiary/aromatic N) is 3. The molecule has 0 bridgehead atoms. The van der Waals surface area contributed by atoms with E-state index in [-0.39, 0.29) is 22.5 Å². The largest absolute Gasteiger partial charge is 0.370 e. The van der Waals surface area contributed by atoms with Gasteiger partial charge in [0.05, 0.1) is 5.69 Å². The van der Waals surface area contributed by atoms with Crippen LogP contribution in [0, 0.1) is 0 Å². The molecule has 232 valence electrons. The molecule has 43 heavy (non-hydrogen) atoms. The summed E-state index contributed by atoms with van der Waals surface area (Å²) >= 11 is 1.83. The Bertz CT molecular complexity index is 1540. The van der Waals surface area contributed by atoms with Crippen molar-refractivity contribution in [3.63, 3.8) is 0 Å². The van der Waals surface area contributed by atoms with Crippen molar-refractivity contribution in [1.29, 1.82) is 0 Å². The number of hydrogen-bond acceptors (Lipinski definition) is 6. The fourth-order valence-corrected chi connectivity index (χ4v) is 4.97. The van der Waals surface area contributed by atoms with Gasteiger partial charge in [0, 0.05) is 53.0 Å². The smallest absolute Gasteiger partial charge is 0.354 e. The van der Waals surface area contributed by atoms with Crippen LogP contribution in [0.25, 0.3) is 16.7 Å². The number of guanidine groups is 1. The molecule has 0 amide bonds. The minimum atomic E-state index is -0.301.